The Morgan fingerprint density at radius 2 is 1.95 bits per heavy atom. The Morgan fingerprint density at radius 1 is 1.32 bits per heavy atom. The highest BCUT2D eigenvalue weighted by molar-refractivity contribution is 5.73. The lowest BCUT2D eigenvalue weighted by molar-refractivity contribution is -0.140. The van der Waals surface area contributed by atoms with Gasteiger partial charge in [0.25, 0.3) is 0 Å². The zero-order valence-electron chi connectivity index (χ0n) is 13.8. The highest BCUT2D eigenvalue weighted by atomic mass is 16.4. The number of unbranched alkanes of at least 4 members (excludes halogenated alkanes) is 1. The predicted molar refractivity (Wildman–Crippen MR) is 90.1 cm³/mol. The van der Waals surface area contributed by atoms with Crippen molar-refractivity contribution in [3.05, 3.63) is 35.9 Å². The van der Waals surface area contributed by atoms with Gasteiger partial charge in [0.15, 0.2) is 0 Å². The molecule has 3 heteroatoms. The summed E-state index contributed by atoms with van der Waals surface area (Å²) in [6.45, 7) is 4.44. The summed E-state index contributed by atoms with van der Waals surface area (Å²) in [5, 5.41) is 12.7. The van der Waals surface area contributed by atoms with E-state index in [-0.39, 0.29) is 11.5 Å². The van der Waals surface area contributed by atoms with Crippen LogP contribution in [0.3, 0.4) is 0 Å². The Balaban J connectivity index is 1.90. The minimum atomic E-state index is -0.704. The molecule has 1 aliphatic rings. The van der Waals surface area contributed by atoms with E-state index in [9.17, 15) is 9.90 Å². The summed E-state index contributed by atoms with van der Waals surface area (Å²) in [7, 11) is 0. The molecular formula is C19H29NO2. The van der Waals surface area contributed by atoms with Crippen molar-refractivity contribution in [3.63, 3.8) is 0 Å². The fourth-order valence-electron chi connectivity index (χ4n) is 3.52. The van der Waals surface area contributed by atoms with Crippen LogP contribution in [-0.4, -0.2) is 23.2 Å². The number of rotatable bonds is 7. The van der Waals surface area contributed by atoms with Gasteiger partial charge in [0.2, 0.25) is 0 Å². The van der Waals surface area contributed by atoms with E-state index in [0.717, 1.165) is 44.9 Å². The summed E-state index contributed by atoms with van der Waals surface area (Å²) >= 11 is 0. The Hall–Kier alpha value is -1.35. The Labute approximate surface area is 134 Å². The van der Waals surface area contributed by atoms with Crippen molar-refractivity contribution in [2.75, 3.05) is 0 Å². The van der Waals surface area contributed by atoms with Crippen LogP contribution in [0.2, 0.25) is 0 Å². The minimum absolute atomic E-state index is 0.238. The summed E-state index contributed by atoms with van der Waals surface area (Å²) < 4.78 is 0. The number of aliphatic carboxylic acids is 1. The molecule has 1 aliphatic carbocycles. The van der Waals surface area contributed by atoms with Crippen molar-refractivity contribution in [2.24, 2.45) is 0 Å². The van der Waals surface area contributed by atoms with Crippen LogP contribution in [0.1, 0.15) is 64.4 Å². The van der Waals surface area contributed by atoms with E-state index in [0.29, 0.717) is 6.04 Å². The molecule has 122 valence electrons. The summed E-state index contributed by atoms with van der Waals surface area (Å²) in [6.07, 6.45) is 7.10. The lowest BCUT2D eigenvalue weighted by Crippen LogP contribution is -2.46. The van der Waals surface area contributed by atoms with Gasteiger partial charge in [-0.05, 0) is 43.1 Å². The third-order valence-electron chi connectivity index (χ3n) is 5.14. The summed E-state index contributed by atoms with van der Waals surface area (Å²) in [6, 6.07) is 10.7. The molecule has 2 rings (SSSR count). The predicted octanol–water partition coefficient (Wildman–Crippen LogP) is 4.12. The van der Waals surface area contributed by atoms with Crippen molar-refractivity contribution >= 4 is 5.97 Å². The van der Waals surface area contributed by atoms with Gasteiger partial charge in [0.1, 0.15) is 6.04 Å². The van der Waals surface area contributed by atoms with E-state index in [2.05, 4.69) is 49.5 Å². The largest absolute Gasteiger partial charge is 0.480 e. The van der Waals surface area contributed by atoms with Crippen LogP contribution in [0.25, 0.3) is 0 Å². The van der Waals surface area contributed by atoms with Gasteiger partial charge in [-0.15, -0.1) is 0 Å². The fourth-order valence-corrected chi connectivity index (χ4v) is 3.52. The van der Waals surface area contributed by atoms with Gasteiger partial charge in [0, 0.05) is 6.04 Å². The second-order valence-electron chi connectivity index (χ2n) is 6.90. The maximum absolute atomic E-state index is 11.4. The molecular weight excluding hydrogens is 274 g/mol. The molecule has 1 saturated carbocycles. The highest BCUT2D eigenvalue weighted by Crippen LogP contribution is 2.39. The molecule has 0 saturated heterocycles. The fraction of sp³-hybridized carbons (Fsp3) is 0.632. The minimum Gasteiger partial charge on any atom is -0.480 e. The lowest BCUT2D eigenvalue weighted by Gasteiger charge is -2.39. The van der Waals surface area contributed by atoms with Gasteiger partial charge in [-0.25, -0.2) is 0 Å². The molecule has 1 atom stereocenters. The average molecular weight is 303 g/mol. The van der Waals surface area contributed by atoms with Crippen LogP contribution in [0.4, 0.5) is 0 Å². The van der Waals surface area contributed by atoms with Crippen molar-refractivity contribution < 1.29 is 9.90 Å². The number of carboxylic acids is 1. The zero-order valence-corrected chi connectivity index (χ0v) is 13.8. The molecule has 2 N–H and O–H groups in total. The first-order valence-corrected chi connectivity index (χ1v) is 8.59. The monoisotopic (exact) mass is 303 g/mol. The van der Waals surface area contributed by atoms with Gasteiger partial charge in [-0.3, -0.25) is 4.79 Å². The Kier molecular flexibility index (Phi) is 6.01. The third kappa shape index (κ3) is 4.33. The number of hydrogen-bond acceptors (Lipinski definition) is 2. The average Bonchev–Trinajstić information content (AvgIpc) is 2.54. The van der Waals surface area contributed by atoms with E-state index < -0.39 is 5.97 Å². The first-order valence-electron chi connectivity index (χ1n) is 8.59. The van der Waals surface area contributed by atoms with E-state index in [4.69, 9.17) is 0 Å². The first-order chi connectivity index (χ1) is 10.5. The maximum Gasteiger partial charge on any atom is 0.320 e. The third-order valence-corrected chi connectivity index (χ3v) is 5.14. The van der Waals surface area contributed by atoms with Gasteiger partial charge < -0.3 is 10.4 Å². The molecule has 0 unspecified atom stereocenters. The molecule has 0 bridgehead atoms. The molecule has 0 amide bonds. The standard InChI is InChI=1S/C19H29NO2/c1-3-4-10-17(18(21)22)20-16-11-13-19(2,14-12-16)15-8-6-5-7-9-15/h5-9,16-17,20H,3-4,10-14H2,1-2H3,(H,21,22)/t16?,17-,19?/m0/s1. The van der Waals surface area contributed by atoms with Crippen molar-refractivity contribution in [1.82, 2.24) is 5.32 Å². The topological polar surface area (TPSA) is 49.3 Å². The molecule has 22 heavy (non-hydrogen) atoms. The van der Waals surface area contributed by atoms with Crippen LogP contribution in [0, 0.1) is 0 Å². The normalized spacial score (nSPS) is 26.5. The summed E-state index contributed by atoms with van der Waals surface area (Å²) in [4.78, 5) is 11.4. The zero-order chi connectivity index (χ0) is 16.0. The van der Waals surface area contributed by atoms with E-state index >= 15 is 0 Å². The smallest absolute Gasteiger partial charge is 0.320 e. The molecule has 1 fully saturated rings. The number of nitrogens with one attached hydrogen (secondary N) is 1. The van der Waals surface area contributed by atoms with Crippen LogP contribution in [0.15, 0.2) is 30.3 Å². The van der Waals surface area contributed by atoms with Crippen LogP contribution in [-0.2, 0) is 10.2 Å². The molecule has 0 spiro atoms. The van der Waals surface area contributed by atoms with Crippen molar-refractivity contribution in [2.45, 2.75) is 76.3 Å². The number of hydrogen-bond donors (Lipinski definition) is 2. The maximum atomic E-state index is 11.4. The molecule has 0 aliphatic heterocycles. The van der Waals surface area contributed by atoms with E-state index in [1.165, 1.54) is 5.56 Å². The lowest BCUT2D eigenvalue weighted by atomic mass is 9.69. The second-order valence-corrected chi connectivity index (χ2v) is 6.90. The summed E-state index contributed by atoms with van der Waals surface area (Å²) in [5.41, 5.74) is 1.65. The molecule has 0 radical (unpaired) electrons. The van der Waals surface area contributed by atoms with Gasteiger partial charge >= 0.3 is 5.97 Å². The first kappa shape index (κ1) is 17.0. The number of carboxylic acid groups (broad SMARTS) is 1. The van der Waals surface area contributed by atoms with Crippen molar-refractivity contribution in [3.8, 4) is 0 Å². The number of carbonyl (C=O) groups is 1. The van der Waals surface area contributed by atoms with E-state index in [1.54, 1.807) is 0 Å². The molecule has 0 heterocycles. The molecule has 3 nitrogen and oxygen atoms in total. The van der Waals surface area contributed by atoms with Gasteiger partial charge in [-0.1, -0.05) is 57.0 Å². The van der Waals surface area contributed by atoms with Crippen molar-refractivity contribution in [1.29, 1.82) is 0 Å². The van der Waals surface area contributed by atoms with Crippen LogP contribution < -0.4 is 5.32 Å². The van der Waals surface area contributed by atoms with Crippen LogP contribution in [0.5, 0.6) is 0 Å². The Bertz CT molecular complexity index is 464. The Morgan fingerprint density at radius 3 is 2.50 bits per heavy atom. The highest BCUT2D eigenvalue weighted by Gasteiger charge is 2.33. The quantitative estimate of drug-likeness (QED) is 0.796. The van der Waals surface area contributed by atoms with E-state index in [1.807, 2.05) is 0 Å². The van der Waals surface area contributed by atoms with Gasteiger partial charge in [-0.2, -0.15) is 0 Å². The SMILES string of the molecule is CCCC[C@H](NC1CCC(C)(c2ccccc2)CC1)C(=O)O. The van der Waals surface area contributed by atoms with Gasteiger partial charge in [0.05, 0.1) is 0 Å². The molecule has 1 aromatic rings. The number of benzene rings is 1. The van der Waals surface area contributed by atoms with Crippen LogP contribution >= 0.6 is 0 Å². The second kappa shape index (κ2) is 7.77. The molecule has 0 aromatic heterocycles. The molecule has 1 aromatic carbocycles. The summed E-state index contributed by atoms with van der Waals surface area (Å²) in [5.74, 6) is -0.704.